The Morgan fingerprint density at radius 3 is 2.20 bits per heavy atom. The van der Waals surface area contributed by atoms with E-state index in [1.54, 1.807) is 44.2 Å². The Hall–Kier alpha value is -5.72. The highest BCUT2D eigenvalue weighted by Crippen LogP contribution is 2.40. The summed E-state index contributed by atoms with van der Waals surface area (Å²) in [6.45, 7) is 1.49. The summed E-state index contributed by atoms with van der Waals surface area (Å²) in [5, 5.41) is 3.56. The zero-order valence-corrected chi connectivity index (χ0v) is 29.3. The number of amides is 4. The van der Waals surface area contributed by atoms with Crippen LogP contribution in [0.3, 0.4) is 0 Å². The molecule has 0 radical (unpaired) electrons. The van der Waals surface area contributed by atoms with E-state index >= 15 is 0 Å². The van der Waals surface area contributed by atoms with E-state index in [1.165, 1.54) is 0 Å². The first-order valence-corrected chi connectivity index (χ1v) is 17.0. The van der Waals surface area contributed by atoms with Crippen LogP contribution in [0.25, 0.3) is 21.9 Å². The van der Waals surface area contributed by atoms with Crippen molar-refractivity contribution in [3.63, 3.8) is 0 Å². The molecule has 2 fully saturated rings. The predicted molar refractivity (Wildman–Crippen MR) is 192 cm³/mol. The topological polar surface area (TPSA) is 143 Å². The van der Waals surface area contributed by atoms with Crippen LogP contribution in [0.2, 0.25) is 0 Å². The summed E-state index contributed by atoms with van der Waals surface area (Å²) in [6, 6.07) is 10.2. The van der Waals surface area contributed by atoms with Crippen molar-refractivity contribution in [1.82, 2.24) is 19.8 Å². The second kappa shape index (κ2) is 13.2. The van der Waals surface area contributed by atoms with Gasteiger partial charge in [-0.1, -0.05) is 0 Å². The van der Waals surface area contributed by atoms with Gasteiger partial charge in [-0.25, -0.2) is 4.98 Å². The molecule has 7 rings (SSSR count). The fourth-order valence-corrected chi connectivity index (χ4v) is 7.50. The quantitative estimate of drug-likeness (QED) is 0.273. The van der Waals surface area contributed by atoms with Crippen LogP contribution >= 0.6 is 0 Å². The van der Waals surface area contributed by atoms with Gasteiger partial charge >= 0.3 is 0 Å². The number of hydrogen-bond donors (Lipinski definition) is 1. The van der Waals surface area contributed by atoms with Crippen LogP contribution in [0, 0.1) is 5.92 Å². The number of piperidine rings is 2. The zero-order chi connectivity index (χ0) is 36.1. The van der Waals surface area contributed by atoms with Gasteiger partial charge in [0.05, 0.1) is 30.7 Å². The van der Waals surface area contributed by atoms with E-state index in [9.17, 15) is 24.0 Å². The number of fused-ring (bicyclic) bond motifs is 2. The fraction of sp³-hybridized carbons (Fsp3) is 0.368. The van der Waals surface area contributed by atoms with Crippen molar-refractivity contribution in [2.75, 3.05) is 51.2 Å². The van der Waals surface area contributed by atoms with Crippen molar-refractivity contribution in [2.24, 2.45) is 13.0 Å². The molecule has 3 aliphatic heterocycles. The molecule has 0 saturated carbocycles. The highest BCUT2D eigenvalue weighted by molar-refractivity contribution is 6.23. The number of carbonyl (C=O) groups is 4. The third-order valence-electron chi connectivity index (χ3n) is 10.3. The second-order valence-corrected chi connectivity index (χ2v) is 13.6. The zero-order valence-electron chi connectivity index (χ0n) is 29.3. The number of pyridine rings is 2. The minimum absolute atomic E-state index is 0.0774. The van der Waals surface area contributed by atoms with Gasteiger partial charge < -0.3 is 23.8 Å². The lowest BCUT2D eigenvalue weighted by Gasteiger charge is -2.34. The Labute approximate surface area is 294 Å². The number of rotatable bonds is 8. The molecule has 0 aliphatic carbocycles. The number of hydrogen-bond acceptors (Lipinski definition) is 10. The molecule has 13 heteroatoms. The van der Waals surface area contributed by atoms with Crippen LogP contribution in [-0.4, -0.2) is 85.5 Å². The molecule has 1 N–H and O–H groups in total. The van der Waals surface area contributed by atoms with E-state index in [0.29, 0.717) is 22.8 Å². The molecule has 2 aromatic carbocycles. The van der Waals surface area contributed by atoms with Gasteiger partial charge in [0.1, 0.15) is 23.4 Å². The summed E-state index contributed by atoms with van der Waals surface area (Å²) < 4.78 is 13.5. The van der Waals surface area contributed by atoms with Crippen LogP contribution in [0.5, 0.6) is 11.5 Å². The van der Waals surface area contributed by atoms with Crippen LogP contribution in [0.15, 0.2) is 53.6 Å². The smallest absolute Gasteiger partial charge is 0.262 e. The lowest BCUT2D eigenvalue weighted by molar-refractivity contribution is -0.136. The Bertz CT molecular complexity index is 2140. The number of nitrogens with zero attached hydrogens (tertiary/aromatic N) is 5. The Kier molecular flexibility index (Phi) is 8.74. The molecule has 4 amide bonds. The average Bonchev–Trinajstić information content (AvgIpc) is 3.38. The van der Waals surface area contributed by atoms with Gasteiger partial charge in [0.25, 0.3) is 17.4 Å². The second-order valence-electron chi connectivity index (χ2n) is 13.6. The number of benzene rings is 2. The number of nitrogens with one attached hydrogen (secondary N) is 1. The summed E-state index contributed by atoms with van der Waals surface area (Å²) >= 11 is 0. The van der Waals surface area contributed by atoms with Crippen LogP contribution in [0.4, 0.5) is 11.5 Å². The van der Waals surface area contributed by atoms with Crippen molar-refractivity contribution >= 4 is 45.9 Å². The van der Waals surface area contributed by atoms with Gasteiger partial charge in [-0.15, -0.1) is 0 Å². The average molecular weight is 693 g/mol. The molecule has 264 valence electrons. The summed E-state index contributed by atoms with van der Waals surface area (Å²) in [4.78, 5) is 73.2. The monoisotopic (exact) mass is 692 g/mol. The van der Waals surface area contributed by atoms with Crippen LogP contribution in [0.1, 0.15) is 52.0 Å². The highest BCUT2D eigenvalue weighted by atomic mass is 16.5. The van der Waals surface area contributed by atoms with Crippen molar-refractivity contribution in [2.45, 2.75) is 38.1 Å². The number of anilines is 2. The van der Waals surface area contributed by atoms with Gasteiger partial charge in [0.15, 0.2) is 0 Å². The molecule has 5 heterocycles. The number of ether oxygens (including phenoxy) is 2. The number of aromatic nitrogens is 2. The van der Waals surface area contributed by atoms with Gasteiger partial charge in [-0.2, -0.15) is 0 Å². The maximum Gasteiger partial charge on any atom is 0.262 e. The SMILES string of the molecule is COc1cc(-c2cn(C)c(=O)c3cnc(N(C)C)cc23)cc(OC)c1CC1CCN(c2ccc3c(c2)C(=O)N(C2CCC(=O)NC2=O)C3=O)CC1. The van der Waals surface area contributed by atoms with E-state index in [2.05, 4.69) is 15.2 Å². The Morgan fingerprint density at radius 2 is 1.55 bits per heavy atom. The maximum absolute atomic E-state index is 13.4. The van der Waals surface area contributed by atoms with Crippen molar-refractivity contribution in [1.29, 1.82) is 0 Å². The fourth-order valence-electron chi connectivity index (χ4n) is 7.50. The molecule has 0 spiro atoms. The molecule has 2 aromatic heterocycles. The summed E-state index contributed by atoms with van der Waals surface area (Å²) in [6.07, 6.45) is 6.16. The minimum Gasteiger partial charge on any atom is -0.496 e. The van der Waals surface area contributed by atoms with E-state index in [1.807, 2.05) is 49.5 Å². The standard InChI is InChI=1S/C38H40N6O7/c1-41(2)33-18-25-28(19-39-33)36(47)42(3)20-29(25)22-15-31(50-4)27(32(16-22)51-5)14-21-10-12-43(13-11-21)23-6-7-24-26(17-23)38(49)44(37(24)48)30-8-9-34(45)40-35(30)46/h6-7,15-21,30H,8-14H2,1-5H3,(H,40,45,46). The third kappa shape index (κ3) is 5.96. The van der Waals surface area contributed by atoms with Gasteiger partial charge in [0, 0.05) is 75.2 Å². The lowest BCUT2D eigenvalue weighted by atomic mass is 9.88. The van der Waals surface area contributed by atoms with Crippen LogP contribution < -0.4 is 30.1 Å². The Balaban J connectivity index is 1.09. The normalized spacial score (nSPS) is 17.9. The van der Waals surface area contributed by atoms with E-state index in [-0.39, 0.29) is 29.5 Å². The van der Waals surface area contributed by atoms with Crippen LogP contribution in [-0.2, 0) is 23.1 Å². The summed E-state index contributed by atoms with van der Waals surface area (Å²) in [5.74, 6) is 0.446. The first-order chi connectivity index (χ1) is 24.5. The molecule has 1 unspecified atom stereocenters. The first-order valence-electron chi connectivity index (χ1n) is 17.0. The maximum atomic E-state index is 13.4. The van der Waals surface area contributed by atoms with E-state index in [0.717, 1.165) is 70.8 Å². The lowest BCUT2D eigenvalue weighted by Crippen LogP contribution is -2.54. The molecular formula is C38H40N6O7. The van der Waals surface area contributed by atoms with Gasteiger partial charge in [-0.3, -0.25) is 34.2 Å². The number of methoxy groups -OCH3 is 2. The predicted octanol–water partition coefficient (Wildman–Crippen LogP) is 3.54. The van der Waals surface area contributed by atoms with Crippen molar-refractivity contribution in [3.8, 4) is 22.6 Å². The summed E-state index contributed by atoms with van der Waals surface area (Å²) in [5.41, 5.74) is 3.97. The summed E-state index contributed by atoms with van der Waals surface area (Å²) in [7, 11) is 8.86. The molecular weight excluding hydrogens is 652 g/mol. The molecule has 4 aromatic rings. The number of aryl methyl sites for hydroxylation is 1. The van der Waals surface area contributed by atoms with Crippen molar-refractivity contribution < 1.29 is 28.7 Å². The first kappa shape index (κ1) is 33.8. The van der Waals surface area contributed by atoms with Gasteiger partial charge in [0.2, 0.25) is 11.8 Å². The third-order valence-corrected chi connectivity index (χ3v) is 10.3. The Morgan fingerprint density at radius 1 is 0.863 bits per heavy atom. The van der Waals surface area contributed by atoms with Crippen molar-refractivity contribution in [3.05, 3.63) is 75.8 Å². The molecule has 3 aliphatic rings. The number of imide groups is 2. The molecule has 13 nitrogen and oxygen atoms in total. The van der Waals surface area contributed by atoms with E-state index in [4.69, 9.17) is 9.47 Å². The minimum atomic E-state index is -0.994. The van der Waals surface area contributed by atoms with Gasteiger partial charge in [-0.05, 0) is 73.6 Å². The molecule has 0 bridgehead atoms. The largest absolute Gasteiger partial charge is 0.496 e. The number of carbonyl (C=O) groups excluding carboxylic acids is 4. The molecule has 51 heavy (non-hydrogen) atoms. The van der Waals surface area contributed by atoms with E-state index < -0.39 is 29.7 Å². The highest BCUT2D eigenvalue weighted by Gasteiger charge is 2.44. The molecule has 1 atom stereocenters. The molecule has 2 saturated heterocycles.